The van der Waals surface area contributed by atoms with Crippen LogP contribution >= 0.6 is 11.6 Å². The van der Waals surface area contributed by atoms with Crippen LogP contribution in [0.15, 0.2) is 36.5 Å². The zero-order valence-corrected chi connectivity index (χ0v) is 24.7. The van der Waals surface area contributed by atoms with Crippen LogP contribution in [0.1, 0.15) is 25.7 Å². The number of likely N-dealkylation sites (tertiary alicyclic amines) is 1. The van der Waals surface area contributed by atoms with E-state index in [9.17, 15) is 14.3 Å². The van der Waals surface area contributed by atoms with Crippen molar-refractivity contribution >= 4 is 45.2 Å². The van der Waals surface area contributed by atoms with Crippen LogP contribution in [-0.2, 0) is 0 Å². The Balaban J connectivity index is 1.35. The number of amides is 1. The highest BCUT2D eigenvalue weighted by atomic mass is 35.5. The van der Waals surface area contributed by atoms with Crippen LogP contribution in [0.2, 0.25) is 5.02 Å². The quantitative estimate of drug-likeness (QED) is 0.282. The Morgan fingerprint density at radius 1 is 1.16 bits per heavy atom. The topological polar surface area (TPSA) is 94.9 Å². The highest BCUT2D eigenvalue weighted by Gasteiger charge is 2.45. The van der Waals surface area contributed by atoms with E-state index in [0.29, 0.717) is 17.4 Å². The Kier molecular flexibility index (Phi) is 7.16. The molecule has 0 aliphatic carbocycles. The molecule has 1 N–H and O–H groups in total. The number of benzene rings is 2. The van der Waals surface area contributed by atoms with Crippen molar-refractivity contribution in [2.75, 3.05) is 44.7 Å². The van der Waals surface area contributed by atoms with E-state index in [-0.39, 0.29) is 57.6 Å². The molecule has 0 bridgehead atoms. The zero-order valence-electron chi connectivity index (χ0n) is 23.9. The predicted octanol–water partition coefficient (Wildman–Crippen LogP) is 5.92. The fraction of sp³-hybridized carbons (Fsp3) is 0.419. The summed E-state index contributed by atoms with van der Waals surface area (Å²) in [6.45, 7) is 1.92. The summed E-state index contributed by atoms with van der Waals surface area (Å²) in [7, 11) is 1.58. The first-order valence-corrected chi connectivity index (χ1v) is 15.0. The van der Waals surface area contributed by atoms with Crippen LogP contribution in [0.25, 0.3) is 32.9 Å². The third kappa shape index (κ3) is 4.66. The van der Waals surface area contributed by atoms with Crippen LogP contribution in [0, 0.1) is 11.6 Å². The molecular weight excluding hydrogens is 597 g/mol. The molecule has 0 saturated carbocycles. The van der Waals surface area contributed by atoms with Crippen molar-refractivity contribution in [3.05, 3.63) is 53.2 Å². The molecule has 3 aliphatic rings. The highest BCUT2D eigenvalue weighted by molar-refractivity contribution is 6.36. The van der Waals surface area contributed by atoms with Gasteiger partial charge in [-0.3, -0.25) is 9.88 Å². The average molecular weight is 627 g/mol. The molecule has 3 saturated heterocycles. The second-order valence-electron chi connectivity index (χ2n) is 11.9. The Hall–Kier alpha value is -3.90. The number of carboxylic acid groups (broad SMARTS) is 1. The van der Waals surface area contributed by atoms with Gasteiger partial charge in [0, 0.05) is 30.7 Å². The zero-order chi connectivity index (χ0) is 30.7. The largest absolute Gasteiger partial charge is 0.465 e. The van der Waals surface area contributed by atoms with Crippen LogP contribution in [0.5, 0.6) is 6.01 Å². The maximum atomic E-state index is 16.6. The molecule has 230 valence electrons. The number of ether oxygens (including phenoxy) is 1. The molecular formula is C31H30ClF3N6O3. The number of nitrogens with zero attached hydrogens (tertiary/aromatic N) is 6. The molecule has 2 aromatic heterocycles. The van der Waals surface area contributed by atoms with E-state index >= 15 is 8.78 Å². The van der Waals surface area contributed by atoms with E-state index in [0.717, 1.165) is 43.7 Å². The Morgan fingerprint density at radius 2 is 1.93 bits per heavy atom. The molecule has 3 aliphatic heterocycles. The lowest BCUT2D eigenvalue weighted by atomic mass is 9.95. The molecule has 1 amide bonds. The number of anilines is 1. The van der Waals surface area contributed by atoms with Crippen LogP contribution in [0.4, 0.5) is 23.8 Å². The van der Waals surface area contributed by atoms with E-state index in [1.165, 1.54) is 17.2 Å². The van der Waals surface area contributed by atoms with Crippen LogP contribution in [-0.4, -0.2) is 93.5 Å². The van der Waals surface area contributed by atoms with Gasteiger partial charge in [0.15, 0.2) is 5.82 Å². The summed E-state index contributed by atoms with van der Waals surface area (Å²) >= 11 is 6.35. The predicted molar refractivity (Wildman–Crippen MR) is 160 cm³/mol. The van der Waals surface area contributed by atoms with Crippen molar-refractivity contribution in [1.29, 1.82) is 0 Å². The maximum absolute atomic E-state index is 16.6. The van der Waals surface area contributed by atoms with Gasteiger partial charge in [0.1, 0.15) is 35.6 Å². The first kappa shape index (κ1) is 28.8. The second kappa shape index (κ2) is 10.9. The number of carbonyl (C=O) groups is 1. The summed E-state index contributed by atoms with van der Waals surface area (Å²) in [5.41, 5.74) is -0.0489. The smallest absolute Gasteiger partial charge is 0.407 e. The van der Waals surface area contributed by atoms with Gasteiger partial charge in [0.05, 0.1) is 28.5 Å². The van der Waals surface area contributed by atoms with Gasteiger partial charge < -0.3 is 19.6 Å². The molecule has 13 heteroatoms. The van der Waals surface area contributed by atoms with Crippen molar-refractivity contribution in [2.24, 2.45) is 0 Å². The number of likely N-dealkylation sites (N-methyl/N-ethyl adjacent to an activating group) is 1. The molecule has 7 rings (SSSR count). The van der Waals surface area contributed by atoms with Crippen LogP contribution in [0.3, 0.4) is 0 Å². The summed E-state index contributed by atoms with van der Waals surface area (Å²) in [6.07, 6.45) is 2.75. The van der Waals surface area contributed by atoms with E-state index in [1.807, 2.05) is 0 Å². The second-order valence-corrected chi connectivity index (χ2v) is 12.2. The number of halogens is 4. The van der Waals surface area contributed by atoms with Gasteiger partial charge >= 0.3 is 12.1 Å². The van der Waals surface area contributed by atoms with Gasteiger partial charge in [0.25, 0.3) is 0 Å². The lowest BCUT2D eigenvalue weighted by Gasteiger charge is -2.31. The molecule has 0 unspecified atom stereocenters. The highest BCUT2D eigenvalue weighted by Crippen LogP contribution is 2.41. The maximum Gasteiger partial charge on any atom is 0.407 e. The summed E-state index contributed by atoms with van der Waals surface area (Å²) in [6, 6.07) is 6.91. The molecule has 0 radical (unpaired) electrons. The van der Waals surface area contributed by atoms with Gasteiger partial charge in [-0.05, 0) is 50.2 Å². The van der Waals surface area contributed by atoms with Crippen molar-refractivity contribution in [3.8, 4) is 17.3 Å². The summed E-state index contributed by atoms with van der Waals surface area (Å²) in [4.78, 5) is 30.0. The normalized spacial score (nSPS) is 21.3. The summed E-state index contributed by atoms with van der Waals surface area (Å²) in [5.74, 6) is -1.28. The van der Waals surface area contributed by atoms with Gasteiger partial charge in [-0.15, -0.1) is 0 Å². The fourth-order valence-electron chi connectivity index (χ4n) is 7.13. The number of hydrogen-bond acceptors (Lipinski definition) is 7. The van der Waals surface area contributed by atoms with Gasteiger partial charge in [-0.2, -0.15) is 9.97 Å². The van der Waals surface area contributed by atoms with Crippen molar-refractivity contribution in [2.45, 2.75) is 43.4 Å². The number of alkyl halides is 1. The molecule has 5 heterocycles. The molecule has 3 fully saturated rings. The van der Waals surface area contributed by atoms with Crippen LogP contribution < -0.4 is 9.64 Å². The molecule has 9 nitrogen and oxygen atoms in total. The minimum atomic E-state index is -1.50. The number of hydrogen-bond donors (Lipinski definition) is 1. The summed E-state index contributed by atoms with van der Waals surface area (Å²) in [5, 5.41) is 10.4. The minimum absolute atomic E-state index is 0.0750. The van der Waals surface area contributed by atoms with Gasteiger partial charge in [-0.1, -0.05) is 35.9 Å². The van der Waals surface area contributed by atoms with E-state index in [1.54, 1.807) is 31.3 Å². The summed E-state index contributed by atoms with van der Waals surface area (Å²) < 4.78 is 52.4. The molecule has 44 heavy (non-hydrogen) atoms. The molecule has 2 atom stereocenters. The Bertz CT molecular complexity index is 1780. The van der Waals surface area contributed by atoms with Gasteiger partial charge in [-0.25, -0.2) is 18.0 Å². The van der Waals surface area contributed by atoms with Crippen molar-refractivity contribution in [3.63, 3.8) is 0 Å². The van der Waals surface area contributed by atoms with Crippen molar-refractivity contribution < 1.29 is 27.8 Å². The molecule has 2 aromatic carbocycles. The standard InChI is InChI=1S/C31H30ClF3N6O3/c1-39(22-15-40(30(42)43)14-21(22)34)28-19-13-36-26(18-6-2-5-17-7-8-20(33)24(32)23(17)18)25(35)27(19)37-29(38-28)44-16-31-9-3-11-41(31)12-4-10-31/h2,5-8,13,21-22H,3-4,9-12,14-16H2,1H3,(H,42,43)/t21-,22-/m0/s1. The van der Waals surface area contributed by atoms with Gasteiger partial charge in [0.2, 0.25) is 0 Å². The third-order valence-electron chi connectivity index (χ3n) is 9.44. The van der Waals surface area contributed by atoms with E-state index in [4.69, 9.17) is 16.3 Å². The van der Waals surface area contributed by atoms with E-state index in [2.05, 4.69) is 19.9 Å². The molecule has 4 aromatic rings. The Labute approximate surface area is 256 Å². The average Bonchev–Trinajstić information content (AvgIpc) is 3.72. The fourth-order valence-corrected chi connectivity index (χ4v) is 7.41. The minimum Gasteiger partial charge on any atom is -0.465 e. The van der Waals surface area contributed by atoms with E-state index < -0.39 is 29.9 Å². The lowest BCUT2D eigenvalue weighted by Crippen LogP contribution is -2.43. The number of aromatic nitrogens is 3. The number of rotatable bonds is 6. The first-order chi connectivity index (χ1) is 21.2. The number of fused-ring (bicyclic) bond motifs is 3. The van der Waals surface area contributed by atoms with Crippen molar-refractivity contribution in [1.82, 2.24) is 24.8 Å². The molecule has 0 spiro atoms. The SMILES string of the molecule is CN(c1nc(OCC23CCCN2CCC3)nc2c(F)c(-c3cccc4ccc(F)c(Cl)c34)ncc12)[C@H]1CN(C(=O)O)C[C@@H]1F. The number of pyridine rings is 1. The monoisotopic (exact) mass is 626 g/mol. The third-order valence-corrected chi connectivity index (χ3v) is 9.81. The Morgan fingerprint density at radius 3 is 2.66 bits per heavy atom. The first-order valence-electron chi connectivity index (χ1n) is 14.6. The lowest BCUT2D eigenvalue weighted by molar-refractivity contribution is 0.108.